The third kappa shape index (κ3) is 3.35. The Morgan fingerprint density at radius 1 is 0.969 bits per heavy atom. The molecule has 0 saturated heterocycles. The lowest BCUT2D eigenvalue weighted by molar-refractivity contribution is 0.0681. The van der Waals surface area contributed by atoms with Crippen LogP contribution < -0.4 is 9.64 Å². The van der Waals surface area contributed by atoms with Crippen molar-refractivity contribution >= 4 is 29.0 Å². The molecule has 0 aliphatic carbocycles. The largest absolute Gasteiger partial charge is 0.496 e. The molecule has 4 rings (SSSR count). The van der Waals surface area contributed by atoms with Gasteiger partial charge < -0.3 is 19.5 Å². The minimum absolute atomic E-state index is 0.247. The number of aryl methyl sites for hydroxylation is 2. The van der Waals surface area contributed by atoms with E-state index in [2.05, 4.69) is 43.0 Å². The molecular formula is C27H27NO4. The second-order valence-electron chi connectivity index (χ2n) is 8.09. The Morgan fingerprint density at radius 2 is 1.62 bits per heavy atom. The van der Waals surface area contributed by atoms with Crippen molar-refractivity contribution in [2.45, 2.75) is 26.5 Å². The van der Waals surface area contributed by atoms with Crippen molar-refractivity contribution in [3.63, 3.8) is 0 Å². The number of hydrogen-bond donors (Lipinski definition) is 1. The van der Waals surface area contributed by atoms with Gasteiger partial charge in [-0.25, -0.2) is 4.79 Å². The van der Waals surface area contributed by atoms with Gasteiger partial charge in [0.05, 0.1) is 18.4 Å². The van der Waals surface area contributed by atoms with E-state index < -0.39 is 11.7 Å². The number of benzene rings is 3. The molecule has 32 heavy (non-hydrogen) atoms. The summed E-state index contributed by atoms with van der Waals surface area (Å²) in [5, 5.41) is 9.31. The molecule has 1 aliphatic heterocycles. The minimum atomic E-state index is -0.948. The molecule has 1 atom stereocenters. The van der Waals surface area contributed by atoms with Crippen LogP contribution in [0.25, 0.3) is 11.6 Å². The van der Waals surface area contributed by atoms with Crippen LogP contribution in [0.5, 0.6) is 5.75 Å². The molecule has 164 valence electrons. The normalized spacial score (nSPS) is 18.7. The maximum Gasteiger partial charge on any atom is 0.335 e. The SMILES string of the molecule is COc1cccc(C)c1/C=C1/c2c(C)cccc2N(c2ccc(C(=O)O)cc2)C1(C)OC. The summed E-state index contributed by atoms with van der Waals surface area (Å²) >= 11 is 0. The van der Waals surface area contributed by atoms with E-state index in [1.54, 1.807) is 26.4 Å². The van der Waals surface area contributed by atoms with Gasteiger partial charge in [0.15, 0.2) is 5.72 Å². The van der Waals surface area contributed by atoms with E-state index in [0.717, 1.165) is 45.0 Å². The number of carbonyl (C=O) groups is 1. The summed E-state index contributed by atoms with van der Waals surface area (Å²) in [6.45, 7) is 6.19. The third-order valence-corrected chi connectivity index (χ3v) is 6.25. The molecule has 3 aromatic carbocycles. The molecule has 5 heteroatoms. The minimum Gasteiger partial charge on any atom is -0.496 e. The standard InChI is InChI=1S/C27H27NO4/c1-17-8-7-11-24(31-4)21(17)16-22-25-18(2)9-6-10-23(25)28(27(22,3)32-5)20-14-12-19(13-15-20)26(29)30/h6-16H,1-5H3,(H,29,30)/b22-16-. The molecule has 1 N–H and O–H groups in total. The Hall–Kier alpha value is -3.57. The van der Waals surface area contributed by atoms with Crippen molar-refractivity contribution in [2.75, 3.05) is 19.1 Å². The van der Waals surface area contributed by atoms with Gasteiger partial charge in [-0.15, -0.1) is 0 Å². The molecule has 0 amide bonds. The summed E-state index contributed by atoms with van der Waals surface area (Å²) in [5.74, 6) is -0.147. The second kappa shape index (κ2) is 8.17. The average molecular weight is 430 g/mol. The lowest BCUT2D eigenvalue weighted by atomic mass is 9.93. The third-order valence-electron chi connectivity index (χ3n) is 6.25. The highest BCUT2D eigenvalue weighted by Gasteiger charge is 2.46. The number of ether oxygens (including phenoxy) is 2. The quantitative estimate of drug-likeness (QED) is 0.534. The van der Waals surface area contributed by atoms with Gasteiger partial charge >= 0.3 is 5.97 Å². The molecule has 0 aromatic heterocycles. The summed E-state index contributed by atoms with van der Waals surface area (Å²) in [5.41, 5.74) is 6.66. The Morgan fingerprint density at radius 3 is 2.25 bits per heavy atom. The first-order chi connectivity index (χ1) is 15.3. The molecule has 3 aromatic rings. The van der Waals surface area contributed by atoms with Crippen molar-refractivity contribution < 1.29 is 19.4 Å². The lowest BCUT2D eigenvalue weighted by Gasteiger charge is -2.37. The van der Waals surface area contributed by atoms with Gasteiger partial charge in [-0.2, -0.15) is 0 Å². The van der Waals surface area contributed by atoms with Crippen LogP contribution in [0.1, 0.15) is 39.5 Å². The molecule has 1 unspecified atom stereocenters. The van der Waals surface area contributed by atoms with Crippen LogP contribution in [0.15, 0.2) is 60.7 Å². The monoisotopic (exact) mass is 429 g/mol. The van der Waals surface area contributed by atoms with E-state index in [-0.39, 0.29) is 5.56 Å². The maximum absolute atomic E-state index is 11.3. The van der Waals surface area contributed by atoms with E-state index in [1.165, 1.54) is 0 Å². The van der Waals surface area contributed by atoms with Crippen molar-refractivity contribution in [3.8, 4) is 5.75 Å². The van der Waals surface area contributed by atoms with Gasteiger partial charge in [-0.05, 0) is 74.4 Å². The number of hydrogen-bond acceptors (Lipinski definition) is 4. The fourth-order valence-corrected chi connectivity index (χ4v) is 4.48. The molecule has 1 heterocycles. The number of rotatable bonds is 5. The molecule has 0 radical (unpaired) electrons. The first-order valence-corrected chi connectivity index (χ1v) is 10.5. The van der Waals surface area contributed by atoms with Crippen molar-refractivity contribution in [1.82, 2.24) is 0 Å². The van der Waals surface area contributed by atoms with E-state index in [9.17, 15) is 9.90 Å². The molecule has 0 fully saturated rings. The summed E-state index contributed by atoms with van der Waals surface area (Å²) in [7, 11) is 3.37. The van der Waals surface area contributed by atoms with Crippen LogP contribution in [-0.2, 0) is 4.74 Å². The zero-order valence-electron chi connectivity index (χ0n) is 19.0. The van der Waals surface area contributed by atoms with Crippen LogP contribution in [0.4, 0.5) is 11.4 Å². The fourth-order valence-electron chi connectivity index (χ4n) is 4.48. The Labute approximate surface area is 188 Å². The number of fused-ring (bicyclic) bond motifs is 1. The highest BCUT2D eigenvalue weighted by molar-refractivity contribution is 6.02. The van der Waals surface area contributed by atoms with Crippen LogP contribution in [0, 0.1) is 13.8 Å². The number of aromatic carboxylic acids is 1. The summed E-state index contributed by atoms with van der Waals surface area (Å²) in [6, 6.07) is 19.1. The first-order valence-electron chi connectivity index (χ1n) is 10.5. The predicted octanol–water partition coefficient (Wildman–Crippen LogP) is 6.07. The number of anilines is 2. The van der Waals surface area contributed by atoms with Gasteiger partial charge in [0.25, 0.3) is 0 Å². The number of methoxy groups -OCH3 is 2. The van der Waals surface area contributed by atoms with Crippen LogP contribution in [0.2, 0.25) is 0 Å². The molecule has 0 saturated carbocycles. The van der Waals surface area contributed by atoms with E-state index >= 15 is 0 Å². The topological polar surface area (TPSA) is 59.0 Å². The molecule has 0 spiro atoms. The number of carboxylic acids is 1. The number of carboxylic acid groups (broad SMARTS) is 1. The van der Waals surface area contributed by atoms with Crippen molar-refractivity contribution in [2.24, 2.45) is 0 Å². The lowest BCUT2D eigenvalue weighted by Crippen LogP contribution is -2.42. The average Bonchev–Trinajstić information content (AvgIpc) is 3.04. The zero-order valence-corrected chi connectivity index (χ0v) is 19.0. The highest BCUT2D eigenvalue weighted by atomic mass is 16.5. The van der Waals surface area contributed by atoms with Crippen LogP contribution in [0.3, 0.4) is 0 Å². The van der Waals surface area contributed by atoms with Crippen molar-refractivity contribution in [1.29, 1.82) is 0 Å². The summed E-state index contributed by atoms with van der Waals surface area (Å²) in [6.07, 6.45) is 2.15. The Balaban J connectivity index is 1.98. The van der Waals surface area contributed by atoms with Crippen molar-refractivity contribution in [3.05, 3.63) is 88.5 Å². The Bertz CT molecular complexity index is 1210. The van der Waals surface area contributed by atoms with E-state index in [4.69, 9.17) is 9.47 Å². The summed E-state index contributed by atoms with van der Waals surface area (Å²) in [4.78, 5) is 13.5. The first kappa shape index (κ1) is 21.7. The summed E-state index contributed by atoms with van der Waals surface area (Å²) < 4.78 is 11.8. The molecule has 0 bridgehead atoms. The van der Waals surface area contributed by atoms with Gasteiger partial charge in [0.1, 0.15) is 5.75 Å². The van der Waals surface area contributed by atoms with Gasteiger partial charge in [-0.1, -0.05) is 24.3 Å². The molecule has 5 nitrogen and oxygen atoms in total. The zero-order chi connectivity index (χ0) is 23.0. The maximum atomic E-state index is 11.3. The highest BCUT2D eigenvalue weighted by Crippen LogP contribution is 2.53. The van der Waals surface area contributed by atoms with Gasteiger partial charge in [0.2, 0.25) is 0 Å². The fraction of sp³-hybridized carbons (Fsp3) is 0.222. The molecular weight excluding hydrogens is 402 g/mol. The van der Waals surface area contributed by atoms with Gasteiger partial charge in [-0.3, -0.25) is 0 Å². The second-order valence-corrected chi connectivity index (χ2v) is 8.09. The smallest absolute Gasteiger partial charge is 0.335 e. The molecule has 1 aliphatic rings. The van der Waals surface area contributed by atoms with Crippen LogP contribution in [-0.4, -0.2) is 31.0 Å². The van der Waals surface area contributed by atoms with E-state index in [1.807, 2.05) is 37.3 Å². The van der Waals surface area contributed by atoms with E-state index in [0.29, 0.717) is 0 Å². The van der Waals surface area contributed by atoms with Gasteiger partial charge in [0, 0.05) is 29.5 Å². The Kier molecular flexibility index (Phi) is 5.53. The number of nitrogens with zero attached hydrogens (tertiary/aromatic N) is 1. The van der Waals surface area contributed by atoms with Crippen LogP contribution >= 0.6 is 0 Å². The predicted molar refractivity (Wildman–Crippen MR) is 128 cm³/mol.